The van der Waals surface area contributed by atoms with E-state index < -0.39 is 12.0 Å². The van der Waals surface area contributed by atoms with Crippen LogP contribution < -0.4 is 5.32 Å². The Morgan fingerprint density at radius 3 is 3.07 bits per heavy atom. The summed E-state index contributed by atoms with van der Waals surface area (Å²) < 4.78 is 13.2. The standard InChI is InChI=1S/C10H10FNO2/c11-8-3-1-2-6-4-9(10(13)14)12-5-7(6)8/h1-3,9,12H,4-5H2,(H,13,14)/t9-/m1/s1. The largest absolute Gasteiger partial charge is 0.480 e. The number of carbonyl (C=O) groups is 1. The van der Waals surface area contributed by atoms with Crippen molar-refractivity contribution in [1.82, 2.24) is 5.32 Å². The molecule has 0 fully saturated rings. The van der Waals surface area contributed by atoms with Gasteiger partial charge in [-0.25, -0.2) is 4.39 Å². The van der Waals surface area contributed by atoms with Crippen LogP contribution in [0.3, 0.4) is 0 Å². The highest BCUT2D eigenvalue weighted by Crippen LogP contribution is 2.19. The maximum absolute atomic E-state index is 13.2. The number of nitrogens with one attached hydrogen (secondary N) is 1. The third-order valence-corrected chi connectivity index (χ3v) is 2.46. The summed E-state index contributed by atoms with van der Waals surface area (Å²) in [5.74, 6) is -1.15. The predicted octanol–water partition coefficient (Wildman–Crippen LogP) is 0.925. The minimum atomic E-state index is -0.889. The first-order chi connectivity index (χ1) is 6.68. The molecule has 2 N–H and O–H groups in total. The maximum atomic E-state index is 13.2. The summed E-state index contributed by atoms with van der Waals surface area (Å²) in [4.78, 5) is 10.7. The van der Waals surface area contributed by atoms with E-state index in [9.17, 15) is 9.18 Å². The van der Waals surface area contributed by atoms with E-state index in [2.05, 4.69) is 5.32 Å². The Labute approximate surface area is 80.6 Å². The van der Waals surface area contributed by atoms with E-state index >= 15 is 0 Å². The van der Waals surface area contributed by atoms with Gasteiger partial charge in [-0.15, -0.1) is 0 Å². The van der Waals surface area contributed by atoms with Gasteiger partial charge in [-0.05, 0) is 18.1 Å². The highest BCUT2D eigenvalue weighted by molar-refractivity contribution is 5.74. The fourth-order valence-corrected chi connectivity index (χ4v) is 1.68. The van der Waals surface area contributed by atoms with Gasteiger partial charge in [-0.3, -0.25) is 10.1 Å². The summed E-state index contributed by atoms with van der Waals surface area (Å²) in [6.07, 6.45) is 0.350. The normalized spacial score (nSPS) is 20.2. The molecule has 1 atom stereocenters. The Bertz CT molecular complexity index is 378. The molecule has 4 heteroatoms. The van der Waals surface area contributed by atoms with Crippen molar-refractivity contribution in [3.8, 4) is 0 Å². The molecule has 3 nitrogen and oxygen atoms in total. The number of hydrogen-bond donors (Lipinski definition) is 2. The Morgan fingerprint density at radius 2 is 2.36 bits per heavy atom. The van der Waals surface area contributed by atoms with E-state index in [0.29, 0.717) is 18.5 Å². The topological polar surface area (TPSA) is 49.3 Å². The van der Waals surface area contributed by atoms with Gasteiger partial charge < -0.3 is 5.11 Å². The van der Waals surface area contributed by atoms with Crippen molar-refractivity contribution < 1.29 is 14.3 Å². The summed E-state index contributed by atoms with van der Waals surface area (Å²) in [6, 6.07) is 4.18. The fraction of sp³-hybridized carbons (Fsp3) is 0.300. The van der Waals surface area contributed by atoms with Crippen molar-refractivity contribution >= 4 is 5.97 Å². The van der Waals surface area contributed by atoms with E-state index in [4.69, 9.17) is 5.11 Å². The lowest BCUT2D eigenvalue weighted by atomic mass is 9.95. The third kappa shape index (κ3) is 1.48. The molecule has 0 amide bonds. The van der Waals surface area contributed by atoms with Crippen LogP contribution in [0.1, 0.15) is 11.1 Å². The SMILES string of the molecule is O=C(O)[C@H]1Cc2cccc(F)c2CN1. The zero-order valence-corrected chi connectivity index (χ0v) is 7.46. The van der Waals surface area contributed by atoms with Crippen molar-refractivity contribution in [2.24, 2.45) is 0 Å². The molecular weight excluding hydrogens is 185 g/mol. The molecule has 1 aliphatic heterocycles. The summed E-state index contributed by atoms with van der Waals surface area (Å²) in [7, 11) is 0. The highest BCUT2D eigenvalue weighted by Gasteiger charge is 2.24. The van der Waals surface area contributed by atoms with Gasteiger partial charge in [0.25, 0.3) is 0 Å². The van der Waals surface area contributed by atoms with Crippen molar-refractivity contribution in [1.29, 1.82) is 0 Å². The van der Waals surface area contributed by atoms with Crippen molar-refractivity contribution in [2.75, 3.05) is 0 Å². The molecule has 0 aliphatic carbocycles. The van der Waals surface area contributed by atoms with Crippen LogP contribution in [0.15, 0.2) is 18.2 Å². The van der Waals surface area contributed by atoms with Gasteiger partial charge in [0, 0.05) is 12.1 Å². The lowest BCUT2D eigenvalue weighted by Crippen LogP contribution is -2.41. The highest BCUT2D eigenvalue weighted by atomic mass is 19.1. The molecule has 14 heavy (non-hydrogen) atoms. The monoisotopic (exact) mass is 195 g/mol. The van der Waals surface area contributed by atoms with Crippen LogP contribution in [0.25, 0.3) is 0 Å². The number of carboxylic acids is 1. The number of aliphatic carboxylic acids is 1. The van der Waals surface area contributed by atoms with Crippen LogP contribution in [0.4, 0.5) is 4.39 Å². The Hall–Kier alpha value is -1.42. The lowest BCUT2D eigenvalue weighted by Gasteiger charge is -2.23. The van der Waals surface area contributed by atoms with E-state index in [1.54, 1.807) is 12.1 Å². The molecule has 1 heterocycles. The maximum Gasteiger partial charge on any atom is 0.321 e. The van der Waals surface area contributed by atoms with Crippen molar-refractivity contribution in [2.45, 2.75) is 19.0 Å². The minimum absolute atomic E-state index is 0.265. The molecule has 0 saturated carbocycles. The number of hydrogen-bond acceptors (Lipinski definition) is 2. The first-order valence-electron chi connectivity index (χ1n) is 4.41. The first-order valence-corrected chi connectivity index (χ1v) is 4.41. The van der Waals surface area contributed by atoms with Gasteiger partial charge in [0.2, 0.25) is 0 Å². The van der Waals surface area contributed by atoms with Gasteiger partial charge in [0.05, 0.1) is 0 Å². The molecule has 0 unspecified atom stereocenters. The second-order valence-electron chi connectivity index (χ2n) is 3.35. The van der Waals surface area contributed by atoms with Crippen LogP contribution in [-0.4, -0.2) is 17.1 Å². The zero-order valence-electron chi connectivity index (χ0n) is 7.46. The zero-order chi connectivity index (χ0) is 10.1. The molecule has 0 bridgehead atoms. The third-order valence-electron chi connectivity index (χ3n) is 2.46. The lowest BCUT2D eigenvalue weighted by molar-refractivity contribution is -0.139. The smallest absolute Gasteiger partial charge is 0.321 e. The second-order valence-corrected chi connectivity index (χ2v) is 3.35. The summed E-state index contributed by atoms with van der Waals surface area (Å²) in [6.45, 7) is 0.291. The van der Waals surface area contributed by atoms with Gasteiger partial charge >= 0.3 is 5.97 Å². The van der Waals surface area contributed by atoms with E-state index in [1.807, 2.05) is 0 Å². The van der Waals surface area contributed by atoms with Gasteiger partial charge in [-0.1, -0.05) is 12.1 Å². The quantitative estimate of drug-likeness (QED) is 0.700. The molecule has 0 saturated heterocycles. The Balaban J connectivity index is 2.31. The predicted molar refractivity (Wildman–Crippen MR) is 48.4 cm³/mol. The van der Waals surface area contributed by atoms with Crippen molar-refractivity contribution in [3.05, 3.63) is 35.1 Å². The van der Waals surface area contributed by atoms with Crippen molar-refractivity contribution in [3.63, 3.8) is 0 Å². The number of carboxylic acid groups (broad SMARTS) is 1. The molecule has 1 aliphatic rings. The second kappa shape index (κ2) is 3.38. The minimum Gasteiger partial charge on any atom is -0.480 e. The Kier molecular flexibility index (Phi) is 2.21. The van der Waals surface area contributed by atoms with Crippen LogP contribution in [-0.2, 0) is 17.8 Å². The van der Waals surface area contributed by atoms with Crippen LogP contribution >= 0.6 is 0 Å². The summed E-state index contributed by atoms with van der Waals surface area (Å²) in [5.41, 5.74) is 1.38. The van der Waals surface area contributed by atoms with Crippen LogP contribution in [0, 0.1) is 5.82 Å². The van der Waals surface area contributed by atoms with E-state index in [-0.39, 0.29) is 5.82 Å². The summed E-state index contributed by atoms with van der Waals surface area (Å²) in [5, 5.41) is 11.6. The average molecular weight is 195 g/mol. The molecule has 0 spiro atoms. The molecular formula is C10H10FNO2. The molecule has 1 aromatic carbocycles. The van der Waals surface area contributed by atoms with E-state index in [1.165, 1.54) is 6.07 Å². The van der Waals surface area contributed by atoms with Gasteiger partial charge in [0.1, 0.15) is 11.9 Å². The first kappa shape index (κ1) is 9.15. The Morgan fingerprint density at radius 1 is 1.57 bits per heavy atom. The van der Waals surface area contributed by atoms with E-state index in [0.717, 1.165) is 5.56 Å². The average Bonchev–Trinajstić information content (AvgIpc) is 2.17. The molecule has 2 rings (SSSR count). The number of benzene rings is 1. The summed E-state index contributed by atoms with van der Waals surface area (Å²) >= 11 is 0. The van der Waals surface area contributed by atoms with Gasteiger partial charge in [-0.2, -0.15) is 0 Å². The molecule has 74 valence electrons. The molecule has 0 radical (unpaired) electrons. The molecule has 1 aromatic rings. The fourth-order valence-electron chi connectivity index (χ4n) is 1.68. The number of halogens is 1. The molecule has 0 aromatic heterocycles. The number of rotatable bonds is 1. The van der Waals surface area contributed by atoms with Crippen LogP contribution in [0.5, 0.6) is 0 Å². The van der Waals surface area contributed by atoms with Gasteiger partial charge in [0.15, 0.2) is 0 Å². The van der Waals surface area contributed by atoms with Crippen LogP contribution in [0.2, 0.25) is 0 Å². The number of fused-ring (bicyclic) bond motifs is 1.